The second kappa shape index (κ2) is 8.49. The summed E-state index contributed by atoms with van der Waals surface area (Å²) >= 11 is 14.0. The minimum atomic E-state index is -0.539. The van der Waals surface area contributed by atoms with E-state index in [-0.39, 0.29) is 21.3 Å². The summed E-state index contributed by atoms with van der Waals surface area (Å²) in [5.74, 6) is 0.478. The molecule has 0 aliphatic heterocycles. The van der Waals surface area contributed by atoms with Crippen LogP contribution in [-0.2, 0) is 6.61 Å². The average Bonchev–Trinajstić information content (AvgIpc) is 2.66. The lowest BCUT2D eigenvalue weighted by Gasteiger charge is -2.12. The minimum absolute atomic E-state index is 0.144. The normalized spacial score (nSPS) is 10.4. The maximum absolute atomic E-state index is 12.1. The van der Waals surface area contributed by atoms with Gasteiger partial charge in [-0.05, 0) is 24.0 Å². The van der Waals surface area contributed by atoms with Gasteiger partial charge in [-0.1, -0.05) is 65.3 Å². The van der Waals surface area contributed by atoms with Crippen LogP contribution in [-0.4, -0.2) is 16.2 Å². The Kier molecular flexibility index (Phi) is 6.07. The molecule has 3 rings (SSSR count). The first-order valence-corrected chi connectivity index (χ1v) is 9.76. The van der Waals surface area contributed by atoms with Crippen LogP contribution >= 0.6 is 35.0 Å². The van der Waals surface area contributed by atoms with Crippen molar-refractivity contribution < 1.29 is 4.74 Å². The molecule has 0 aliphatic carbocycles. The Morgan fingerprint density at radius 2 is 1.89 bits per heavy atom. The van der Waals surface area contributed by atoms with Gasteiger partial charge in [-0.2, -0.15) is 5.26 Å². The molecule has 1 N–H and O–H groups in total. The Balaban J connectivity index is 2.00. The van der Waals surface area contributed by atoms with Gasteiger partial charge in [0.2, 0.25) is 0 Å². The maximum atomic E-state index is 12.1. The molecule has 0 unspecified atom stereocenters. The lowest BCUT2D eigenvalue weighted by molar-refractivity contribution is 0.306. The van der Waals surface area contributed by atoms with Crippen molar-refractivity contribution in [2.45, 2.75) is 11.8 Å². The zero-order valence-electron chi connectivity index (χ0n) is 14.1. The third kappa shape index (κ3) is 4.28. The van der Waals surface area contributed by atoms with Gasteiger partial charge in [0, 0.05) is 5.56 Å². The predicted octanol–water partition coefficient (Wildman–Crippen LogP) is 4.92. The molecule has 5 nitrogen and oxygen atoms in total. The maximum Gasteiger partial charge on any atom is 0.270 e. The summed E-state index contributed by atoms with van der Waals surface area (Å²) < 4.78 is 5.74. The van der Waals surface area contributed by atoms with Gasteiger partial charge >= 0.3 is 0 Å². The van der Waals surface area contributed by atoms with E-state index < -0.39 is 5.56 Å². The SMILES string of the molecule is CSc1nc(-c2c(Cl)cc(OCc3ccccc3)cc2Cl)c(C#N)c(=O)[nH]1. The van der Waals surface area contributed by atoms with Crippen LogP contribution in [0.25, 0.3) is 11.3 Å². The summed E-state index contributed by atoms with van der Waals surface area (Å²) in [6.45, 7) is 0.357. The number of nitrogens with one attached hydrogen (secondary N) is 1. The molecule has 0 saturated heterocycles. The smallest absolute Gasteiger partial charge is 0.270 e. The van der Waals surface area contributed by atoms with Crippen LogP contribution in [0.1, 0.15) is 11.1 Å². The van der Waals surface area contributed by atoms with E-state index in [4.69, 9.17) is 27.9 Å². The zero-order chi connectivity index (χ0) is 19.4. The molecule has 0 saturated carbocycles. The number of H-pyrrole nitrogens is 1. The number of aromatic nitrogens is 2. The van der Waals surface area contributed by atoms with Crippen molar-refractivity contribution in [3.63, 3.8) is 0 Å². The molecule has 0 atom stereocenters. The number of aromatic amines is 1. The molecule has 0 fully saturated rings. The van der Waals surface area contributed by atoms with Gasteiger partial charge in [-0.15, -0.1) is 0 Å². The quantitative estimate of drug-likeness (QED) is 0.470. The van der Waals surface area contributed by atoms with Crippen molar-refractivity contribution in [1.82, 2.24) is 9.97 Å². The summed E-state index contributed by atoms with van der Waals surface area (Å²) in [5.41, 5.74) is 0.790. The van der Waals surface area contributed by atoms with Crippen LogP contribution in [0.3, 0.4) is 0 Å². The number of ether oxygens (including phenoxy) is 1. The van der Waals surface area contributed by atoms with Crippen molar-refractivity contribution in [3.05, 3.63) is 74.0 Å². The van der Waals surface area contributed by atoms with E-state index in [1.54, 1.807) is 18.4 Å². The summed E-state index contributed by atoms with van der Waals surface area (Å²) in [6.07, 6.45) is 1.76. The number of nitrogens with zero attached hydrogens (tertiary/aromatic N) is 2. The van der Waals surface area contributed by atoms with Crippen molar-refractivity contribution in [2.75, 3.05) is 6.26 Å². The molecule has 0 spiro atoms. The van der Waals surface area contributed by atoms with E-state index in [2.05, 4.69) is 9.97 Å². The Morgan fingerprint density at radius 3 is 2.48 bits per heavy atom. The van der Waals surface area contributed by atoms with Gasteiger partial charge in [0.25, 0.3) is 5.56 Å². The fourth-order valence-electron chi connectivity index (χ4n) is 2.43. The van der Waals surface area contributed by atoms with Gasteiger partial charge in [-0.3, -0.25) is 4.79 Å². The van der Waals surface area contributed by atoms with E-state index in [1.165, 1.54) is 11.8 Å². The number of rotatable bonds is 5. The van der Waals surface area contributed by atoms with Crippen LogP contribution in [0.4, 0.5) is 0 Å². The average molecular weight is 418 g/mol. The monoisotopic (exact) mass is 417 g/mol. The van der Waals surface area contributed by atoms with Crippen LogP contribution in [0.5, 0.6) is 5.75 Å². The first-order valence-electron chi connectivity index (χ1n) is 7.78. The first-order chi connectivity index (χ1) is 13.0. The summed E-state index contributed by atoms with van der Waals surface area (Å²) in [4.78, 5) is 19.0. The van der Waals surface area contributed by atoms with Crippen LogP contribution < -0.4 is 10.3 Å². The Labute approximate surface area is 169 Å². The highest BCUT2D eigenvalue weighted by atomic mass is 35.5. The van der Waals surface area contributed by atoms with Gasteiger partial charge in [0.1, 0.15) is 24.0 Å². The third-order valence-electron chi connectivity index (χ3n) is 3.70. The summed E-state index contributed by atoms with van der Waals surface area (Å²) in [7, 11) is 0. The van der Waals surface area contributed by atoms with Crippen LogP contribution in [0.2, 0.25) is 10.0 Å². The molecule has 3 aromatic rings. The number of hydrogen-bond donors (Lipinski definition) is 1. The summed E-state index contributed by atoms with van der Waals surface area (Å²) in [5, 5.41) is 10.2. The number of hydrogen-bond acceptors (Lipinski definition) is 5. The molecular formula is C19H13Cl2N3O2S. The van der Waals surface area contributed by atoms with Gasteiger partial charge < -0.3 is 9.72 Å². The van der Waals surface area contributed by atoms with E-state index in [0.29, 0.717) is 23.1 Å². The standard InChI is InChI=1S/C19H13Cl2N3O2S/c1-27-19-23-17(13(9-22)18(25)24-19)16-14(20)7-12(8-15(16)21)26-10-11-5-3-2-4-6-11/h2-8H,10H2,1H3,(H,23,24,25). The highest BCUT2D eigenvalue weighted by molar-refractivity contribution is 7.98. The minimum Gasteiger partial charge on any atom is -0.489 e. The van der Waals surface area contributed by atoms with E-state index in [0.717, 1.165) is 5.56 Å². The topological polar surface area (TPSA) is 78.8 Å². The van der Waals surface area contributed by atoms with Crippen molar-refractivity contribution in [1.29, 1.82) is 5.26 Å². The number of thioether (sulfide) groups is 1. The Morgan fingerprint density at radius 1 is 1.22 bits per heavy atom. The number of benzene rings is 2. The van der Waals surface area contributed by atoms with E-state index in [1.807, 2.05) is 36.4 Å². The zero-order valence-corrected chi connectivity index (χ0v) is 16.5. The highest BCUT2D eigenvalue weighted by Gasteiger charge is 2.19. The molecule has 8 heteroatoms. The highest BCUT2D eigenvalue weighted by Crippen LogP contribution is 2.38. The molecule has 2 aromatic carbocycles. The lowest BCUT2D eigenvalue weighted by atomic mass is 10.1. The van der Waals surface area contributed by atoms with Crippen molar-refractivity contribution >= 4 is 35.0 Å². The van der Waals surface area contributed by atoms with Crippen LogP contribution in [0, 0.1) is 11.3 Å². The molecule has 27 heavy (non-hydrogen) atoms. The Bertz CT molecular complexity index is 1060. The van der Waals surface area contributed by atoms with Crippen molar-refractivity contribution in [2.24, 2.45) is 0 Å². The molecular weight excluding hydrogens is 405 g/mol. The second-order valence-electron chi connectivity index (χ2n) is 5.45. The van der Waals surface area contributed by atoms with Gasteiger partial charge in [0.05, 0.1) is 15.7 Å². The van der Waals surface area contributed by atoms with Gasteiger partial charge in [-0.25, -0.2) is 4.98 Å². The van der Waals surface area contributed by atoms with E-state index >= 15 is 0 Å². The number of halogens is 2. The molecule has 0 bridgehead atoms. The predicted molar refractivity (Wildman–Crippen MR) is 108 cm³/mol. The fraction of sp³-hybridized carbons (Fsp3) is 0.105. The molecule has 136 valence electrons. The summed E-state index contributed by atoms with van der Waals surface area (Å²) in [6, 6.07) is 14.7. The van der Waals surface area contributed by atoms with Crippen LogP contribution in [0.15, 0.2) is 52.4 Å². The molecule has 0 amide bonds. The number of nitriles is 1. The Hall–Kier alpha value is -2.46. The van der Waals surface area contributed by atoms with Gasteiger partial charge in [0.15, 0.2) is 5.16 Å². The molecule has 1 heterocycles. The lowest BCUT2D eigenvalue weighted by Crippen LogP contribution is -2.14. The molecule has 0 radical (unpaired) electrons. The fourth-order valence-corrected chi connectivity index (χ4v) is 3.46. The molecule has 0 aliphatic rings. The second-order valence-corrected chi connectivity index (χ2v) is 7.06. The van der Waals surface area contributed by atoms with Crippen molar-refractivity contribution in [3.8, 4) is 23.1 Å². The molecule has 1 aromatic heterocycles. The third-order valence-corrected chi connectivity index (χ3v) is 4.88. The first kappa shape index (κ1) is 19.3. The largest absolute Gasteiger partial charge is 0.489 e. The van der Waals surface area contributed by atoms with E-state index in [9.17, 15) is 10.1 Å².